The molecule has 212 valence electrons. The zero-order valence-corrected chi connectivity index (χ0v) is 23.9. The van der Waals surface area contributed by atoms with Crippen LogP contribution in [0.4, 0.5) is 5.69 Å². The highest BCUT2D eigenvalue weighted by Crippen LogP contribution is 2.69. The Balaban J connectivity index is 1.66. The molecule has 2 aromatic carbocycles. The number of fused-ring (bicyclic) bond motifs is 1. The average molecular weight is 565 g/mol. The normalized spacial score (nSPS) is 29.1. The van der Waals surface area contributed by atoms with Crippen LogP contribution in [0.1, 0.15) is 31.9 Å². The van der Waals surface area contributed by atoms with Crippen LogP contribution in [0.15, 0.2) is 67.3 Å². The van der Waals surface area contributed by atoms with Crippen molar-refractivity contribution in [3.63, 3.8) is 0 Å². The second-order valence-electron chi connectivity index (χ2n) is 10.6. The molecule has 9 heteroatoms. The summed E-state index contributed by atoms with van der Waals surface area (Å²) in [6.45, 7) is 7.79. The van der Waals surface area contributed by atoms with E-state index in [0.29, 0.717) is 17.9 Å². The summed E-state index contributed by atoms with van der Waals surface area (Å²) in [6, 6.07) is 14.8. The Hall–Kier alpha value is -3.30. The molecule has 3 fully saturated rings. The number of anilines is 1. The van der Waals surface area contributed by atoms with Gasteiger partial charge in [-0.2, -0.15) is 0 Å². The van der Waals surface area contributed by atoms with Crippen molar-refractivity contribution in [3.8, 4) is 5.75 Å². The van der Waals surface area contributed by atoms with Gasteiger partial charge in [-0.3, -0.25) is 14.4 Å². The van der Waals surface area contributed by atoms with Gasteiger partial charge in [-0.05, 0) is 49.1 Å². The topological polar surface area (TPSA) is 96.4 Å². The van der Waals surface area contributed by atoms with Gasteiger partial charge in [0.2, 0.25) is 5.91 Å². The van der Waals surface area contributed by atoms with Gasteiger partial charge < -0.3 is 24.4 Å². The van der Waals surface area contributed by atoms with Gasteiger partial charge in [-0.25, -0.2) is 0 Å². The SMILES string of the molecule is C=CCN(C(=O)C1N([C@H](CO)c2ccccc2)C(=O)[C@@H]2[C@@H](C(=O)OCC)[C@H]3CC(C)C12S3)c1ccc(OC)cc1. The fourth-order valence-corrected chi connectivity index (χ4v) is 9.36. The lowest BCUT2D eigenvalue weighted by molar-refractivity contribution is -0.154. The number of rotatable bonds is 10. The number of aliphatic hydroxyl groups excluding tert-OH is 1. The van der Waals surface area contributed by atoms with Crippen molar-refractivity contribution in [2.45, 2.75) is 42.3 Å². The highest BCUT2D eigenvalue weighted by atomic mass is 32.2. The van der Waals surface area contributed by atoms with Crippen LogP contribution in [0.2, 0.25) is 0 Å². The molecule has 2 amide bonds. The molecule has 40 heavy (non-hydrogen) atoms. The summed E-state index contributed by atoms with van der Waals surface area (Å²) in [4.78, 5) is 45.8. The van der Waals surface area contributed by atoms with Crippen molar-refractivity contribution < 1.29 is 29.0 Å². The highest BCUT2D eigenvalue weighted by molar-refractivity contribution is 8.02. The Morgan fingerprint density at radius 1 is 1.23 bits per heavy atom. The maximum atomic E-state index is 14.8. The summed E-state index contributed by atoms with van der Waals surface area (Å²) in [5.74, 6) is -1.66. The third-order valence-corrected chi connectivity index (χ3v) is 10.7. The number of hydrogen-bond acceptors (Lipinski definition) is 7. The molecule has 0 aliphatic carbocycles. The molecule has 3 aliphatic rings. The van der Waals surface area contributed by atoms with E-state index in [1.54, 1.807) is 65.9 Å². The zero-order valence-electron chi connectivity index (χ0n) is 23.1. The van der Waals surface area contributed by atoms with Crippen LogP contribution in [-0.4, -0.2) is 70.7 Å². The number of amides is 2. The van der Waals surface area contributed by atoms with Gasteiger partial charge in [0.1, 0.15) is 11.8 Å². The molecule has 5 rings (SSSR count). The number of carbonyl (C=O) groups excluding carboxylic acids is 3. The molecule has 3 unspecified atom stereocenters. The summed E-state index contributed by atoms with van der Waals surface area (Å²) >= 11 is 1.59. The van der Waals surface area contributed by atoms with Crippen molar-refractivity contribution in [3.05, 3.63) is 72.8 Å². The van der Waals surface area contributed by atoms with Gasteiger partial charge >= 0.3 is 5.97 Å². The number of thioether (sulfide) groups is 1. The van der Waals surface area contributed by atoms with E-state index in [-0.39, 0.29) is 42.7 Å². The Bertz CT molecular complexity index is 1270. The van der Waals surface area contributed by atoms with E-state index >= 15 is 0 Å². The number of methoxy groups -OCH3 is 1. The van der Waals surface area contributed by atoms with E-state index < -0.39 is 34.6 Å². The summed E-state index contributed by atoms with van der Waals surface area (Å²) in [6.07, 6.45) is 2.36. The van der Waals surface area contributed by atoms with Crippen LogP contribution in [0, 0.1) is 17.8 Å². The molecule has 3 heterocycles. The molecule has 0 saturated carbocycles. The van der Waals surface area contributed by atoms with Crippen molar-refractivity contribution in [2.75, 3.05) is 31.8 Å². The molecule has 3 aliphatic heterocycles. The van der Waals surface area contributed by atoms with Crippen molar-refractivity contribution in [1.82, 2.24) is 4.90 Å². The van der Waals surface area contributed by atoms with Gasteiger partial charge in [0.05, 0.1) is 42.9 Å². The average Bonchev–Trinajstić information content (AvgIpc) is 3.56. The Labute approximate surface area is 239 Å². The lowest BCUT2D eigenvalue weighted by Crippen LogP contribution is -2.58. The molecule has 7 atom stereocenters. The Morgan fingerprint density at radius 2 is 1.93 bits per heavy atom. The van der Waals surface area contributed by atoms with E-state index in [2.05, 4.69) is 13.5 Å². The van der Waals surface area contributed by atoms with E-state index in [4.69, 9.17) is 9.47 Å². The number of aliphatic hydroxyl groups is 1. The zero-order chi connectivity index (χ0) is 28.6. The van der Waals surface area contributed by atoms with Gasteiger partial charge in [0.25, 0.3) is 5.91 Å². The minimum absolute atomic E-state index is 0.0161. The van der Waals surface area contributed by atoms with Crippen LogP contribution < -0.4 is 9.64 Å². The lowest BCUT2D eigenvalue weighted by Gasteiger charge is -2.42. The first-order chi connectivity index (χ1) is 19.3. The number of likely N-dealkylation sites (tertiary alicyclic amines) is 1. The summed E-state index contributed by atoms with van der Waals surface area (Å²) in [5.41, 5.74) is 1.37. The first kappa shape index (κ1) is 28.2. The molecule has 3 saturated heterocycles. The number of nitrogens with zero attached hydrogens (tertiary/aromatic N) is 2. The third-order valence-electron chi connectivity index (χ3n) is 8.63. The van der Waals surface area contributed by atoms with Crippen molar-refractivity contribution in [1.29, 1.82) is 0 Å². The maximum absolute atomic E-state index is 14.8. The highest BCUT2D eigenvalue weighted by Gasteiger charge is 2.77. The first-order valence-electron chi connectivity index (χ1n) is 13.7. The molecule has 0 radical (unpaired) electrons. The van der Waals surface area contributed by atoms with Gasteiger partial charge in [0, 0.05) is 17.5 Å². The number of benzene rings is 2. The predicted molar refractivity (Wildman–Crippen MR) is 154 cm³/mol. The summed E-state index contributed by atoms with van der Waals surface area (Å²) in [5, 5.41) is 10.6. The largest absolute Gasteiger partial charge is 0.497 e. The Morgan fingerprint density at radius 3 is 2.52 bits per heavy atom. The van der Waals surface area contributed by atoms with Gasteiger partial charge in [-0.1, -0.05) is 43.3 Å². The smallest absolute Gasteiger partial charge is 0.310 e. The van der Waals surface area contributed by atoms with Gasteiger partial charge in [0.15, 0.2) is 0 Å². The number of ether oxygens (including phenoxy) is 2. The van der Waals surface area contributed by atoms with Gasteiger partial charge in [-0.15, -0.1) is 18.3 Å². The van der Waals surface area contributed by atoms with E-state index in [0.717, 1.165) is 5.56 Å². The summed E-state index contributed by atoms with van der Waals surface area (Å²) < 4.78 is 9.92. The van der Waals surface area contributed by atoms with Crippen LogP contribution in [0.3, 0.4) is 0 Å². The molecule has 8 nitrogen and oxygen atoms in total. The second kappa shape index (κ2) is 11.3. The van der Waals surface area contributed by atoms with E-state index in [9.17, 15) is 19.5 Å². The molecule has 1 N–H and O–H groups in total. The van der Waals surface area contributed by atoms with Crippen LogP contribution in [-0.2, 0) is 19.1 Å². The maximum Gasteiger partial charge on any atom is 0.310 e. The minimum atomic E-state index is -0.908. The molecular formula is C31H36N2O6S. The molecule has 2 bridgehead atoms. The molecular weight excluding hydrogens is 528 g/mol. The van der Waals surface area contributed by atoms with Crippen LogP contribution in [0.25, 0.3) is 0 Å². The standard InChI is InChI=1S/C31H36N2O6S/c1-5-16-32(21-12-14-22(38-4)15-13-21)29(36)27-31-19(3)17-24(40-31)25(30(37)39-6-2)26(31)28(35)33(27)23(18-34)20-10-8-7-9-11-20/h5,7-15,19,23-27,34H,1,6,16-18H2,2-4H3/t19?,23-,24-,25+,26+,27?,31?/m1/s1. The molecule has 1 spiro atoms. The first-order valence-corrected chi connectivity index (χ1v) is 14.6. The van der Waals surface area contributed by atoms with Crippen molar-refractivity contribution in [2.24, 2.45) is 17.8 Å². The predicted octanol–water partition coefficient (Wildman–Crippen LogP) is 3.85. The fraction of sp³-hybridized carbons (Fsp3) is 0.452. The van der Waals surface area contributed by atoms with Crippen LogP contribution >= 0.6 is 11.8 Å². The Kier molecular flexibility index (Phi) is 7.97. The monoisotopic (exact) mass is 564 g/mol. The lowest BCUT2D eigenvalue weighted by atomic mass is 9.66. The number of esters is 1. The van der Waals surface area contributed by atoms with E-state index in [1.807, 2.05) is 30.3 Å². The molecule has 0 aromatic heterocycles. The number of hydrogen-bond donors (Lipinski definition) is 1. The molecule has 2 aromatic rings. The van der Waals surface area contributed by atoms with Crippen LogP contribution in [0.5, 0.6) is 5.75 Å². The second-order valence-corrected chi connectivity index (χ2v) is 12.1. The fourth-order valence-electron chi connectivity index (χ4n) is 6.97. The summed E-state index contributed by atoms with van der Waals surface area (Å²) in [7, 11) is 1.58. The third kappa shape index (κ3) is 4.30. The minimum Gasteiger partial charge on any atom is -0.497 e. The quantitative estimate of drug-likeness (QED) is 0.346. The van der Waals surface area contributed by atoms with E-state index in [1.165, 1.54) is 0 Å². The van der Waals surface area contributed by atoms with Crippen molar-refractivity contribution >= 4 is 35.2 Å². The number of carbonyl (C=O) groups is 3.